The number of carboxylic acids is 1. The van der Waals surface area contributed by atoms with E-state index < -0.39 is 11.4 Å². The van der Waals surface area contributed by atoms with Crippen molar-refractivity contribution in [2.75, 3.05) is 19.0 Å². The molecule has 0 bridgehead atoms. The molecule has 2 N–H and O–H groups in total. The minimum Gasteiger partial charge on any atom is -0.497 e. The van der Waals surface area contributed by atoms with E-state index in [1.54, 1.807) is 63.4 Å². The Kier molecular flexibility index (Phi) is 5.58. The maximum Gasteiger partial charge on any atom is 0.313 e. The molecule has 0 saturated heterocycles. The van der Waals surface area contributed by atoms with Crippen molar-refractivity contribution >= 4 is 17.6 Å². The number of methoxy groups -OCH3 is 1. The Morgan fingerprint density at radius 1 is 1.14 bits per heavy atom. The van der Waals surface area contributed by atoms with Crippen molar-refractivity contribution in [1.82, 2.24) is 0 Å². The molecule has 0 atom stereocenters. The third-order valence-electron chi connectivity index (χ3n) is 5.00. The Morgan fingerprint density at radius 2 is 1.82 bits per heavy atom. The van der Waals surface area contributed by atoms with Gasteiger partial charge < -0.3 is 19.9 Å². The number of amides is 1. The number of carboxylic acid groups (broad SMARTS) is 1. The monoisotopic (exact) mass is 383 g/mol. The molecule has 3 rings (SSSR count). The first-order valence-corrected chi connectivity index (χ1v) is 9.27. The number of anilines is 1. The standard InChI is InChI=1S/C22H25NO5/c1-22(2,21(25)26)15-6-8-16(9-7-15)23-20(24)18-11-10-17(27-3)12-19(18)28-13-14-4-5-14/h6-12,14H,4-5,13H2,1-3H3,(H,23,24)(H,25,26). The van der Waals surface area contributed by atoms with Gasteiger partial charge in [0.2, 0.25) is 0 Å². The molecule has 28 heavy (non-hydrogen) atoms. The SMILES string of the molecule is COc1ccc(C(=O)Nc2ccc(C(C)(C)C(=O)O)cc2)c(OCC2CC2)c1. The lowest BCUT2D eigenvalue weighted by molar-refractivity contribution is -0.142. The summed E-state index contributed by atoms with van der Waals surface area (Å²) in [6.07, 6.45) is 2.31. The topological polar surface area (TPSA) is 84.9 Å². The van der Waals surface area contributed by atoms with E-state index in [4.69, 9.17) is 9.47 Å². The van der Waals surface area contributed by atoms with Gasteiger partial charge in [-0.05, 0) is 62.4 Å². The van der Waals surface area contributed by atoms with E-state index in [2.05, 4.69) is 5.32 Å². The fourth-order valence-electron chi connectivity index (χ4n) is 2.72. The fourth-order valence-corrected chi connectivity index (χ4v) is 2.72. The molecular formula is C22H25NO5. The van der Waals surface area contributed by atoms with Crippen molar-refractivity contribution in [1.29, 1.82) is 0 Å². The second-order valence-electron chi connectivity index (χ2n) is 7.58. The number of aliphatic carboxylic acids is 1. The minimum atomic E-state index is -0.998. The van der Waals surface area contributed by atoms with Crippen molar-refractivity contribution in [3.63, 3.8) is 0 Å². The first kappa shape index (κ1) is 19.7. The maximum atomic E-state index is 12.8. The first-order chi connectivity index (χ1) is 13.3. The second-order valence-corrected chi connectivity index (χ2v) is 7.58. The van der Waals surface area contributed by atoms with E-state index in [1.165, 1.54) is 0 Å². The van der Waals surface area contributed by atoms with Gasteiger partial charge in [-0.25, -0.2) is 0 Å². The molecule has 2 aromatic carbocycles. The van der Waals surface area contributed by atoms with Gasteiger partial charge in [0.15, 0.2) is 0 Å². The predicted octanol–water partition coefficient (Wildman–Crippen LogP) is 4.10. The van der Waals surface area contributed by atoms with Crippen molar-refractivity contribution in [3.8, 4) is 11.5 Å². The van der Waals surface area contributed by atoms with Crippen LogP contribution >= 0.6 is 0 Å². The van der Waals surface area contributed by atoms with Gasteiger partial charge in [-0.3, -0.25) is 9.59 Å². The molecular weight excluding hydrogens is 358 g/mol. The third-order valence-corrected chi connectivity index (χ3v) is 5.00. The number of carbonyl (C=O) groups is 2. The number of hydrogen-bond donors (Lipinski definition) is 2. The van der Waals surface area contributed by atoms with Crippen LogP contribution in [0.15, 0.2) is 42.5 Å². The van der Waals surface area contributed by atoms with Gasteiger partial charge >= 0.3 is 5.97 Å². The molecule has 1 fully saturated rings. The Hall–Kier alpha value is -3.02. The largest absolute Gasteiger partial charge is 0.497 e. The average Bonchev–Trinajstić information content (AvgIpc) is 3.50. The summed E-state index contributed by atoms with van der Waals surface area (Å²) in [4.78, 5) is 24.1. The van der Waals surface area contributed by atoms with Gasteiger partial charge in [0.25, 0.3) is 5.91 Å². The highest BCUT2D eigenvalue weighted by Crippen LogP contribution is 2.32. The van der Waals surface area contributed by atoms with Crippen LogP contribution in [0.4, 0.5) is 5.69 Å². The number of rotatable bonds is 8. The molecule has 6 nitrogen and oxygen atoms in total. The number of nitrogens with one attached hydrogen (secondary N) is 1. The minimum absolute atomic E-state index is 0.293. The molecule has 1 aliphatic carbocycles. The summed E-state index contributed by atoms with van der Waals surface area (Å²) in [5.74, 6) is 0.487. The van der Waals surface area contributed by atoms with Crippen LogP contribution in [0, 0.1) is 5.92 Å². The smallest absolute Gasteiger partial charge is 0.313 e. The zero-order valence-electron chi connectivity index (χ0n) is 16.3. The third kappa shape index (κ3) is 4.44. The Morgan fingerprint density at radius 3 is 2.39 bits per heavy atom. The van der Waals surface area contributed by atoms with E-state index in [0.717, 1.165) is 12.8 Å². The Balaban J connectivity index is 1.75. The van der Waals surface area contributed by atoms with Gasteiger partial charge in [-0.1, -0.05) is 12.1 Å². The number of ether oxygens (including phenoxy) is 2. The summed E-state index contributed by atoms with van der Waals surface area (Å²) in [5.41, 5.74) is 0.675. The summed E-state index contributed by atoms with van der Waals surface area (Å²) >= 11 is 0. The summed E-state index contributed by atoms with van der Waals surface area (Å²) < 4.78 is 11.1. The summed E-state index contributed by atoms with van der Waals surface area (Å²) in [7, 11) is 1.57. The lowest BCUT2D eigenvalue weighted by atomic mass is 9.85. The van der Waals surface area contributed by atoms with E-state index >= 15 is 0 Å². The lowest BCUT2D eigenvalue weighted by Gasteiger charge is -2.20. The molecule has 148 valence electrons. The van der Waals surface area contributed by atoms with Crippen molar-refractivity contribution < 1.29 is 24.2 Å². The first-order valence-electron chi connectivity index (χ1n) is 9.27. The van der Waals surface area contributed by atoms with E-state index in [9.17, 15) is 14.7 Å². The summed E-state index contributed by atoms with van der Waals surface area (Å²) in [6.45, 7) is 3.87. The quantitative estimate of drug-likeness (QED) is 0.717. The van der Waals surface area contributed by atoms with Crippen LogP contribution < -0.4 is 14.8 Å². The van der Waals surface area contributed by atoms with Crippen LogP contribution in [0.5, 0.6) is 11.5 Å². The van der Waals surface area contributed by atoms with E-state index in [1.807, 2.05) is 0 Å². The van der Waals surface area contributed by atoms with Gasteiger partial charge in [0.1, 0.15) is 11.5 Å². The van der Waals surface area contributed by atoms with E-state index in [-0.39, 0.29) is 5.91 Å². The van der Waals surface area contributed by atoms with Crippen LogP contribution in [-0.4, -0.2) is 30.7 Å². The van der Waals surface area contributed by atoms with Crippen LogP contribution in [0.1, 0.15) is 42.6 Å². The lowest BCUT2D eigenvalue weighted by Crippen LogP contribution is -2.28. The predicted molar refractivity (Wildman–Crippen MR) is 106 cm³/mol. The number of hydrogen-bond acceptors (Lipinski definition) is 4. The summed E-state index contributed by atoms with van der Waals surface area (Å²) in [5, 5.41) is 12.2. The molecule has 6 heteroatoms. The zero-order chi connectivity index (χ0) is 20.3. The maximum absolute atomic E-state index is 12.8. The van der Waals surface area contributed by atoms with Crippen molar-refractivity contribution in [2.45, 2.75) is 32.1 Å². The van der Waals surface area contributed by atoms with Crippen LogP contribution in [0.25, 0.3) is 0 Å². The molecule has 1 aliphatic rings. The molecule has 0 unspecified atom stereocenters. The Labute approximate surface area is 164 Å². The zero-order valence-corrected chi connectivity index (χ0v) is 16.3. The molecule has 0 radical (unpaired) electrons. The van der Waals surface area contributed by atoms with Crippen molar-refractivity contribution in [3.05, 3.63) is 53.6 Å². The van der Waals surface area contributed by atoms with Gasteiger partial charge in [0, 0.05) is 11.8 Å². The molecule has 1 saturated carbocycles. The fraction of sp³-hybridized carbons (Fsp3) is 0.364. The highest BCUT2D eigenvalue weighted by Gasteiger charge is 2.29. The molecule has 0 heterocycles. The number of benzene rings is 2. The molecule has 1 amide bonds. The summed E-state index contributed by atoms with van der Waals surface area (Å²) in [6, 6.07) is 11.9. The molecule has 2 aromatic rings. The van der Waals surface area contributed by atoms with Crippen LogP contribution in [0.2, 0.25) is 0 Å². The van der Waals surface area contributed by atoms with Gasteiger partial charge in [-0.15, -0.1) is 0 Å². The van der Waals surface area contributed by atoms with Gasteiger partial charge in [-0.2, -0.15) is 0 Å². The van der Waals surface area contributed by atoms with Crippen LogP contribution in [0.3, 0.4) is 0 Å². The van der Waals surface area contributed by atoms with Crippen molar-refractivity contribution in [2.24, 2.45) is 5.92 Å². The Bertz CT molecular complexity index is 869. The molecule has 0 aliphatic heterocycles. The highest BCUT2D eigenvalue weighted by atomic mass is 16.5. The van der Waals surface area contributed by atoms with Crippen LogP contribution in [-0.2, 0) is 10.2 Å². The molecule has 0 aromatic heterocycles. The second kappa shape index (κ2) is 7.92. The van der Waals surface area contributed by atoms with Gasteiger partial charge in [0.05, 0.1) is 24.7 Å². The normalized spacial score (nSPS) is 13.7. The average molecular weight is 383 g/mol. The molecule has 0 spiro atoms. The number of carbonyl (C=O) groups excluding carboxylic acids is 1. The van der Waals surface area contributed by atoms with E-state index in [0.29, 0.717) is 40.8 Å². The highest BCUT2D eigenvalue weighted by molar-refractivity contribution is 6.06.